The second-order valence-corrected chi connectivity index (χ2v) is 17.7. The number of amides is 1. The summed E-state index contributed by atoms with van der Waals surface area (Å²) >= 11 is 0. The zero-order chi connectivity index (χ0) is 44.8. The Hall–Kier alpha value is -2.91. The van der Waals surface area contributed by atoms with E-state index in [0.717, 1.165) is 121 Å². The number of benzene rings is 1. The third-order valence-electron chi connectivity index (χ3n) is 11.8. The second kappa shape index (κ2) is 38.7. The second-order valence-electron chi connectivity index (χ2n) is 17.7. The number of carbonyl (C=O) groups is 3. The number of unbranched alkanes of at least 4 members (excludes halogenated alkanes) is 14. The molecular weight excluding hydrogens is 761 g/mol. The molecule has 0 saturated carbocycles. The smallest absolute Gasteiger partial charge is 0.306 e. The number of hydrogen-bond donors (Lipinski definition) is 1. The lowest BCUT2D eigenvalue weighted by atomic mass is 10.1. The van der Waals surface area contributed by atoms with Crippen LogP contribution in [0.2, 0.25) is 0 Å². The molecule has 1 N–H and O–H groups in total. The number of nitrogens with zero attached hydrogens (tertiary/aromatic N) is 3. The van der Waals surface area contributed by atoms with Gasteiger partial charge in [0.05, 0.1) is 0 Å². The maximum Gasteiger partial charge on any atom is 0.306 e. The average Bonchev–Trinajstić information content (AvgIpc) is 3.25. The van der Waals surface area contributed by atoms with Crippen LogP contribution in [0.3, 0.4) is 0 Å². The molecule has 1 rings (SSSR count). The largest absolute Gasteiger partial charge is 0.462 e. The number of ether oxygens (including phenoxy) is 2. The lowest BCUT2D eigenvalue weighted by Gasteiger charge is -2.24. The monoisotopic (exact) mass is 855 g/mol. The van der Waals surface area contributed by atoms with Crippen LogP contribution >= 0.6 is 0 Å². The Morgan fingerprint density at radius 2 is 1.02 bits per heavy atom. The molecule has 2 atom stereocenters. The molecule has 61 heavy (non-hydrogen) atoms. The number of rotatable bonds is 41. The van der Waals surface area contributed by atoms with Crippen molar-refractivity contribution in [3.8, 4) is 0 Å². The van der Waals surface area contributed by atoms with Crippen molar-refractivity contribution in [2.24, 2.45) is 0 Å². The molecule has 1 aromatic rings. The molecule has 0 aliphatic heterocycles. The number of nitrogens with one attached hydrogen (secondary N) is 1. The molecule has 1 amide bonds. The molecular formula is C52H94N4O5. The fourth-order valence-corrected chi connectivity index (χ4v) is 7.74. The number of esters is 2. The van der Waals surface area contributed by atoms with Crippen molar-refractivity contribution in [1.29, 1.82) is 0 Å². The van der Waals surface area contributed by atoms with E-state index in [1.165, 1.54) is 77.0 Å². The molecule has 0 aliphatic rings. The van der Waals surface area contributed by atoms with Crippen molar-refractivity contribution in [3.05, 3.63) is 35.9 Å². The normalized spacial score (nSPS) is 12.6. The van der Waals surface area contributed by atoms with E-state index in [4.69, 9.17) is 9.47 Å². The molecule has 2 unspecified atom stereocenters. The van der Waals surface area contributed by atoms with E-state index in [9.17, 15) is 14.4 Å². The van der Waals surface area contributed by atoms with Crippen LogP contribution in [0.15, 0.2) is 30.3 Å². The topological polar surface area (TPSA) is 91.4 Å². The molecule has 0 heterocycles. The summed E-state index contributed by atoms with van der Waals surface area (Å²) in [5, 5.41) is 3.03. The van der Waals surface area contributed by atoms with Gasteiger partial charge < -0.3 is 29.5 Å². The quantitative estimate of drug-likeness (QED) is 0.0396. The van der Waals surface area contributed by atoms with Crippen molar-refractivity contribution < 1.29 is 23.9 Å². The van der Waals surface area contributed by atoms with E-state index in [2.05, 4.69) is 66.9 Å². The van der Waals surface area contributed by atoms with Crippen molar-refractivity contribution in [1.82, 2.24) is 15.1 Å². The minimum Gasteiger partial charge on any atom is -0.462 e. The van der Waals surface area contributed by atoms with Crippen LogP contribution in [0.1, 0.15) is 200 Å². The molecule has 352 valence electrons. The molecule has 0 aromatic heterocycles. The summed E-state index contributed by atoms with van der Waals surface area (Å²) in [6, 6.07) is 8.17. The van der Waals surface area contributed by atoms with Gasteiger partial charge in [0, 0.05) is 45.2 Å². The van der Waals surface area contributed by atoms with E-state index in [1.54, 1.807) is 6.08 Å². The van der Waals surface area contributed by atoms with Crippen molar-refractivity contribution in [2.45, 2.75) is 207 Å². The Morgan fingerprint density at radius 1 is 0.557 bits per heavy atom. The first-order valence-corrected chi connectivity index (χ1v) is 25.1. The zero-order valence-corrected chi connectivity index (χ0v) is 40.6. The first kappa shape index (κ1) is 56.1. The van der Waals surface area contributed by atoms with Crippen LogP contribution in [-0.4, -0.2) is 100 Å². The highest BCUT2D eigenvalue weighted by molar-refractivity contribution is 5.91. The SMILES string of the molecule is CCCCCC(CC)OC(=O)CCCCCCCCN(CCCCCCCCC(=O)OC(CC)CCCCC)CCCN(C)CCCNC(=O)/C=C/c1ccc(N(C)C)cc1. The molecule has 0 saturated heterocycles. The highest BCUT2D eigenvalue weighted by atomic mass is 16.5. The lowest BCUT2D eigenvalue weighted by molar-refractivity contribution is -0.150. The molecule has 9 heteroatoms. The fraction of sp³-hybridized carbons (Fsp3) is 0.788. The fourth-order valence-electron chi connectivity index (χ4n) is 7.74. The van der Waals surface area contributed by atoms with Gasteiger partial charge in [-0.1, -0.05) is 117 Å². The van der Waals surface area contributed by atoms with Crippen molar-refractivity contribution in [3.63, 3.8) is 0 Å². The van der Waals surface area contributed by atoms with Crippen LogP contribution < -0.4 is 10.2 Å². The van der Waals surface area contributed by atoms with E-state index in [-0.39, 0.29) is 30.1 Å². The highest BCUT2D eigenvalue weighted by Crippen LogP contribution is 2.16. The molecule has 0 aliphatic carbocycles. The molecule has 1 aromatic carbocycles. The lowest BCUT2D eigenvalue weighted by Crippen LogP contribution is -2.31. The van der Waals surface area contributed by atoms with Crippen LogP contribution in [0.5, 0.6) is 0 Å². The Morgan fingerprint density at radius 3 is 1.49 bits per heavy atom. The molecule has 0 radical (unpaired) electrons. The zero-order valence-electron chi connectivity index (χ0n) is 40.6. The summed E-state index contributed by atoms with van der Waals surface area (Å²) < 4.78 is 11.5. The summed E-state index contributed by atoms with van der Waals surface area (Å²) in [6.07, 6.45) is 31.5. The summed E-state index contributed by atoms with van der Waals surface area (Å²) in [4.78, 5) is 44.2. The Balaban J connectivity index is 2.38. The van der Waals surface area contributed by atoms with Gasteiger partial charge in [0.1, 0.15) is 12.2 Å². The number of hydrogen-bond acceptors (Lipinski definition) is 8. The van der Waals surface area contributed by atoms with Gasteiger partial charge in [-0.15, -0.1) is 0 Å². The highest BCUT2D eigenvalue weighted by Gasteiger charge is 2.14. The van der Waals surface area contributed by atoms with Gasteiger partial charge in [0.15, 0.2) is 0 Å². The van der Waals surface area contributed by atoms with E-state index in [1.807, 2.05) is 32.3 Å². The van der Waals surface area contributed by atoms with Crippen LogP contribution in [0, 0.1) is 0 Å². The van der Waals surface area contributed by atoms with Gasteiger partial charge in [0.25, 0.3) is 0 Å². The number of carbonyl (C=O) groups excluding carboxylic acids is 3. The van der Waals surface area contributed by atoms with Gasteiger partial charge in [0.2, 0.25) is 5.91 Å². The summed E-state index contributed by atoms with van der Waals surface area (Å²) in [7, 11) is 6.23. The predicted molar refractivity (Wildman–Crippen MR) is 259 cm³/mol. The summed E-state index contributed by atoms with van der Waals surface area (Å²) in [5.41, 5.74) is 2.15. The van der Waals surface area contributed by atoms with E-state index in [0.29, 0.717) is 19.4 Å². The van der Waals surface area contributed by atoms with Crippen LogP contribution in [0.25, 0.3) is 6.08 Å². The third kappa shape index (κ3) is 32.4. The summed E-state index contributed by atoms with van der Waals surface area (Å²) in [5.74, 6) is -0.0759. The maximum absolute atomic E-state index is 12.4. The van der Waals surface area contributed by atoms with E-state index < -0.39 is 0 Å². The average molecular weight is 855 g/mol. The number of anilines is 1. The van der Waals surface area contributed by atoms with Gasteiger partial charge >= 0.3 is 11.9 Å². The van der Waals surface area contributed by atoms with Gasteiger partial charge in [-0.05, 0) is 141 Å². The third-order valence-corrected chi connectivity index (χ3v) is 11.8. The molecule has 0 spiro atoms. The van der Waals surface area contributed by atoms with Crippen molar-refractivity contribution >= 4 is 29.6 Å². The van der Waals surface area contributed by atoms with Crippen LogP contribution in [-0.2, 0) is 23.9 Å². The van der Waals surface area contributed by atoms with Gasteiger partial charge in [-0.3, -0.25) is 14.4 Å². The van der Waals surface area contributed by atoms with Crippen LogP contribution in [0.4, 0.5) is 5.69 Å². The Labute approximate surface area is 375 Å². The standard InChI is InChI=1S/C52H94N4O5/c1-8-12-22-30-48(10-3)60-51(58)32-24-18-14-16-20-26-43-56(44-27-21-17-15-19-25-33-52(59)61-49(11-4)31-23-13-9-2)45-29-42-55(7)41-28-40-53-50(57)39-36-46-34-37-47(38-35-46)54(5)6/h34-39,48-49H,8-33,40-45H2,1-7H3,(H,53,57)/b39-36+. The van der Waals surface area contributed by atoms with Crippen molar-refractivity contribution in [2.75, 3.05) is 65.3 Å². The maximum atomic E-state index is 12.4. The molecule has 0 bridgehead atoms. The Kier molecular flexibility index (Phi) is 35.6. The Bertz CT molecular complexity index is 1190. The molecule has 9 nitrogen and oxygen atoms in total. The first-order valence-electron chi connectivity index (χ1n) is 25.1. The molecule has 0 fully saturated rings. The van der Waals surface area contributed by atoms with Gasteiger partial charge in [-0.25, -0.2) is 0 Å². The summed E-state index contributed by atoms with van der Waals surface area (Å²) in [6.45, 7) is 14.7. The minimum absolute atomic E-state index is 0.0132. The predicted octanol–water partition coefficient (Wildman–Crippen LogP) is 12.2. The van der Waals surface area contributed by atoms with Gasteiger partial charge in [-0.2, -0.15) is 0 Å². The minimum atomic E-state index is -0.0495. The first-order chi connectivity index (χ1) is 29.6. The van der Waals surface area contributed by atoms with E-state index >= 15 is 0 Å².